The molecule has 0 bridgehead atoms. The van der Waals surface area contributed by atoms with Gasteiger partial charge in [-0.3, -0.25) is 5.01 Å². The topological polar surface area (TPSA) is 19.4 Å². The van der Waals surface area contributed by atoms with Crippen LogP contribution in [-0.4, -0.2) is 11.5 Å². The Morgan fingerprint density at radius 1 is 0.941 bits per heavy atom. The molecule has 2 aromatic rings. The molecule has 0 unspecified atom stereocenters. The maximum Gasteiger partial charge on any atom is 0.151 e. The fraction of sp³-hybridized carbons (Fsp3) is 0.0714. The van der Waals surface area contributed by atoms with Crippen LogP contribution in [0.3, 0.4) is 0 Å². The van der Waals surface area contributed by atoms with Gasteiger partial charge in [0, 0.05) is 12.4 Å². The van der Waals surface area contributed by atoms with E-state index in [1.54, 1.807) is 0 Å². The SMILES string of the molecule is C1=CN(c2ccccn2)N(c2ccccc2)C1. The van der Waals surface area contributed by atoms with Crippen LogP contribution in [0, 0.1) is 0 Å². The zero-order chi connectivity index (χ0) is 11.5. The minimum atomic E-state index is 0.876. The van der Waals surface area contributed by atoms with E-state index in [2.05, 4.69) is 39.4 Å². The van der Waals surface area contributed by atoms with Crippen LogP contribution in [0.1, 0.15) is 0 Å². The molecule has 3 rings (SSSR count). The first-order valence-electron chi connectivity index (χ1n) is 5.64. The fourth-order valence-corrected chi connectivity index (χ4v) is 1.93. The zero-order valence-electron chi connectivity index (χ0n) is 9.40. The number of rotatable bonds is 2. The van der Waals surface area contributed by atoms with Crippen molar-refractivity contribution in [2.45, 2.75) is 0 Å². The van der Waals surface area contributed by atoms with Crippen molar-refractivity contribution < 1.29 is 0 Å². The Labute approximate surface area is 101 Å². The molecule has 1 aliphatic rings. The van der Waals surface area contributed by atoms with Gasteiger partial charge in [0.2, 0.25) is 0 Å². The van der Waals surface area contributed by atoms with Crippen LogP contribution >= 0.6 is 0 Å². The Hall–Kier alpha value is -2.29. The standard InChI is InChI=1S/C14H13N3/c1-2-7-13(8-3-1)16-11-6-12-17(16)14-9-4-5-10-15-14/h1-10,12H,11H2. The molecule has 0 fully saturated rings. The number of nitrogens with zero attached hydrogens (tertiary/aromatic N) is 3. The second-order valence-electron chi connectivity index (χ2n) is 3.83. The van der Waals surface area contributed by atoms with Crippen LogP contribution < -0.4 is 10.0 Å². The molecule has 1 aromatic carbocycles. The third-order valence-corrected chi connectivity index (χ3v) is 2.72. The van der Waals surface area contributed by atoms with Crippen molar-refractivity contribution in [1.82, 2.24) is 4.98 Å². The second-order valence-corrected chi connectivity index (χ2v) is 3.83. The van der Waals surface area contributed by atoms with Gasteiger partial charge in [-0.2, -0.15) is 0 Å². The summed E-state index contributed by atoms with van der Waals surface area (Å²) in [6, 6.07) is 16.2. The molecular formula is C14H13N3. The van der Waals surface area contributed by atoms with Crippen LogP contribution in [0.5, 0.6) is 0 Å². The Morgan fingerprint density at radius 3 is 2.53 bits per heavy atom. The lowest BCUT2D eigenvalue weighted by Gasteiger charge is -2.29. The van der Waals surface area contributed by atoms with Crippen LogP contribution in [0.15, 0.2) is 67.0 Å². The molecule has 1 aliphatic heterocycles. The summed E-state index contributed by atoms with van der Waals surface area (Å²) in [6.07, 6.45) is 5.99. The van der Waals surface area contributed by atoms with E-state index in [0.717, 1.165) is 12.4 Å². The lowest BCUT2D eigenvalue weighted by molar-refractivity contribution is 0.903. The van der Waals surface area contributed by atoms with Crippen molar-refractivity contribution in [3.63, 3.8) is 0 Å². The summed E-state index contributed by atoms with van der Waals surface area (Å²) in [5.41, 5.74) is 1.17. The molecule has 2 heterocycles. The van der Waals surface area contributed by atoms with E-state index < -0.39 is 0 Å². The highest BCUT2D eigenvalue weighted by Crippen LogP contribution is 2.24. The Kier molecular flexibility index (Phi) is 2.50. The average Bonchev–Trinajstić information content (AvgIpc) is 2.90. The summed E-state index contributed by atoms with van der Waals surface area (Å²) in [4.78, 5) is 4.37. The summed E-state index contributed by atoms with van der Waals surface area (Å²) in [5, 5.41) is 4.25. The van der Waals surface area contributed by atoms with Crippen molar-refractivity contribution in [3.8, 4) is 0 Å². The molecule has 84 valence electrons. The largest absolute Gasteiger partial charge is 0.276 e. The smallest absolute Gasteiger partial charge is 0.151 e. The highest BCUT2D eigenvalue weighted by Gasteiger charge is 2.18. The van der Waals surface area contributed by atoms with E-state index >= 15 is 0 Å². The first-order valence-corrected chi connectivity index (χ1v) is 5.64. The van der Waals surface area contributed by atoms with Crippen LogP contribution in [-0.2, 0) is 0 Å². The van der Waals surface area contributed by atoms with E-state index in [9.17, 15) is 0 Å². The van der Waals surface area contributed by atoms with Crippen molar-refractivity contribution in [2.24, 2.45) is 0 Å². The predicted octanol–water partition coefficient (Wildman–Crippen LogP) is 2.84. The maximum absolute atomic E-state index is 4.37. The molecule has 0 spiro atoms. The quantitative estimate of drug-likeness (QED) is 0.780. The summed E-state index contributed by atoms with van der Waals surface area (Å²) >= 11 is 0. The van der Waals surface area contributed by atoms with Gasteiger partial charge in [-0.25, -0.2) is 9.99 Å². The normalized spacial score (nSPS) is 14.4. The fourth-order valence-electron chi connectivity index (χ4n) is 1.93. The highest BCUT2D eigenvalue weighted by atomic mass is 15.6. The van der Waals surface area contributed by atoms with Gasteiger partial charge in [0.15, 0.2) is 5.82 Å². The zero-order valence-corrected chi connectivity index (χ0v) is 9.40. The molecule has 3 heteroatoms. The molecule has 0 radical (unpaired) electrons. The number of pyridine rings is 1. The summed E-state index contributed by atoms with van der Waals surface area (Å²) in [6.45, 7) is 0.876. The van der Waals surface area contributed by atoms with Gasteiger partial charge < -0.3 is 0 Å². The molecule has 0 saturated heterocycles. The molecular weight excluding hydrogens is 210 g/mol. The Bertz CT molecular complexity index is 508. The monoisotopic (exact) mass is 223 g/mol. The number of hydrogen-bond acceptors (Lipinski definition) is 3. The van der Waals surface area contributed by atoms with Crippen molar-refractivity contribution in [2.75, 3.05) is 16.6 Å². The molecule has 1 aromatic heterocycles. The van der Waals surface area contributed by atoms with Crippen molar-refractivity contribution in [1.29, 1.82) is 0 Å². The summed E-state index contributed by atoms with van der Waals surface area (Å²) < 4.78 is 0. The number of hydrogen-bond donors (Lipinski definition) is 0. The molecule has 3 nitrogen and oxygen atoms in total. The molecule has 0 atom stereocenters. The van der Waals surface area contributed by atoms with Crippen LogP contribution in [0.2, 0.25) is 0 Å². The molecule has 0 aliphatic carbocycles. The van der Waals surface area contributed by atoms with Gasteiger partial charge in [-0.15, -0.1) is 0 Å². The minimum absolute atomic E-state index is 0.876. The summed E-state index contributed by atoms with van der Waals surface area (Å²) in [7, 11) is 0. The van der Waals surface area contributed by atoms with E-state index in [0.29, 0.717) is 0 Å². The lowest BCUT2D eigenvalue weighted by Crippen LogP contribution is -2.35. The van der Waals surface area contributed by atoms with Crippen molar-refractivity contribution >= 4 is 11.5 Å². The lowest BCUT2D eigenvalue weighted by atomic mass is 10.3. The van der Waals surface area contributed by atoms with E-state index in [-0.39, 0.29) is 0 Å². The van der Waals surface area contributed by atoms with Gasteiger partial charge in [-0.05, 0) is 30.3 Å². The third-order valence-electron chi connectivity index (χ3n) is 2.72. The Balaban J connectivity index is 1.93. The maximum atomic E-state index is 4.37. The summed E-state index contributed by atoms with van der Waals surface area (Å²) in [5.74, 6) is 0.935. The number of benzene rings is 1. The predicted molar refractivity (Wildman–Crippen MR) is 69.6 cm³/mol. The molecule has 0 amide bonds. The average molecular weight is 223 g/mol. The highest BCUT2D eigenvalue weighted by molar-refractivity contribution is 5.59. The Morgan fingerprint density at radius 2 is 1.76 bits per heavy atom. The van der Waals surface area contributed by atoms with Crippen molar-refractivity contribution in [3.05, 3.63) is 67.0 Å². The van der Waals surface area contributed by atoms with E-state index in [1.807, 2.05) is 42.6 Å². The number of aromatic nitrogens is 1. The number of hydrazine groups is 1. The van der Waals surface area contributed by atoms with E-state index in [4.69, 9.17) is 0 Å². The number of anilines is 2. The van der Waals surface area contributed by atoms with Gasteiger partial charge in [0.1, 0.15) is 0 Å². The first kappa shape index (κ1) is 9.90. The number of para-hydroxylation sites is 1. The van der Waals surface area contributed by atoms with E-state index in [1.165, 1.54) is 5.69 Å². The minimum Gasteiger partial charge on any atom is -0.276 e. The molecule has 0 N–H and O–H groups in total. The van der Waals surface area contributed by atoms with Gasteiger partial charge >= 0.3 is 0 Å². The van der Waals surface area contributed by atoms with Crippen LogP contribution in [0.25, 0.3) is 0 Å². The van der Waals surface area contributed by atoms with Gasteiger partial charge in [-0.1, -0.05) is 24.3 Å². The molecule has 0 saturated carbocycles. The van der Waals surface area contributed by atoms with Crippen LogP contribution in [0.4, 0.5) is 11.5 Å². The first-order chi connectivity index (χ1) is 8.45. The second kappa shape index (κ2) is 4.29. The van der Waals surface area contributed by atoms with Gasteiger partial charge in [0.25, 0.3) is 0 Å². The third kappa shape index (κ3) is 1.87. The molecule has 17 heavy (non-hydrogen) atoms. The van der Waals surface area contributed by atoms with Gasteiger partial charge in [0.05, 0.1) is 12.2 Å².